The number of benzene rings is 3. The van der Waals surface area contributed by atoms with Crippen molar-refractivity contribution >= 4 is 10.8 Å². The molecule has 0 bridgehead atoms. The van der Waals surface area contributed by atoms with Gasteiger partial charge in [-0.3, -0.25) is 0 Å². The Labute approximate surface area is 211 Å². The summed E-state index contributed by atoms with van der Waals surface area (Å²) in [5, 5.41) is 1.57. The largest absolute Gasteiger partial charge is 0.206 e. The van der Waals surface area contributed by atoms with Crippen molar-refractivity contribution in [1.82, 2.24) is 0 Å². The van der Waals surface area contributed by atoms with E-state index in [-0.39, 0.29) is 5.82 Å². The Morgan fingerprint density at radius 2 is 1.60 bits per heavy atom. The first-order valence-electron chi connectivity index (χ1n) is 13.2. The third kappa shape index (κ3) is 6.95. The van der Waals surface area contributed by atoms with Crippen molar-refractivity contribution in [1.29, 1.82) is 0 Å². The van der Waals surface area contributed by atoms with Crippen LogP contribution < -0.4 is 0 Å². The summed E-state index contributed by atoms with van der Waals surface area (Å²) in [6.07, 6.45) is 16.8. The van der Waals surface area contributed by atoms with Gasteiger partial charge in [-0.15, -0.1) is 6.58 Å². The standard InChI is InChI=1S/C34H37F/c1-3-5-6-8-31-22-23-32-25-30(21-24-33(32)34(31)35)20-19-29-17-15-28(16-18-29)14-13-27-11-9-26(7-4-2)10-12-27/h3-5,15-18,21-27H,2,6-14H2,1H3/b5-3+. The van der Waals surface area contributed by atoms with Gasteiger partial charge in [0.1, 0.15) is 5.82 Å². The maximum atomic E-state index is 14.9. The highest BCUT2D eigenvalue weighted by Crippen LogP contribution is 2.33. The molecule has 0 atom stereocenters. The summed E-state index contributed by atoms with van der Waals surface area (Å²) in [6.45, 7) is 5.88. The molecular weight excluding hydrogens is 427 g/mol. The van der Waals surface area contributed by atoms with E-state index in [1.54, 1.807) is 0 Å². The van der Waals surface area contributed by atoms with Gasteiger partial charge in [0.25, 0.3) is 0 Å². The lowest BCUT2D eigenvalue weighted by Crippen LogP contribution is -2.14. The van der Waals surface area contributed by atoms with Crippen molar-refractivity contribution in [2.24, 2.45) is 11.8 Å². The number of rotatable bonds is 8. The van der Waals surface area contributed by atoms with Crippen LogP contribution in [0.5, 0.6) is 0 Å². The molecule has 1 aliphatic rings. The van der Waals surface area contributed by atoms with Crippen molar-refractivity contribution in [2.45, 2.75) is 64.7 Å². The van der Waals surface area contributed by atoms with Crippen LogP contribution in [0.1, 0.15) is 74.1 Å². The van der Waals surface area contributed by atoms with Gasteiger partial charge in [-0.2, -0.15) is 0 Å². The van der Waals surface area contributed by atoms with Gasteiger partial charge < -0.3 is 0 Å². The number of hydrogen-bond donors (Lipinski definition) is 0. The zero-order valence-electron chi connectivity index (χ0n) is 21.0. The molecule has 0 amide bonds. The average molecular weight is 465 g/mol. The minimum absolute atomic E-state index is 0.105. The molecule has 0 aromatic heterocycles. The first-order chi connectivity index (χ1) is 17.2. The Balaban J connectivity index is 1.34. The van der Waals surface area contributed by atoms with E-state index in [9.17, 15) is 4.39 Å². The third-order valence-corrected chi connectivity index (χ3v) is 7.46. The second kappa shape index (κ2) is 12.6. The van der Waals surface area contributed by atoms with Crippen molar-refractivity contribution in [3.63, 3.8) is 0 Å². The van der Waals surface area contributed by atoms with Gasteiger partial charge in [-0.05, 0) is 104 Å². The minimum atomic E-state index is -0.105. The molecule has 35 heavy (non-hydrogen) atoms. The molecule has 0 N–H and O–H groups in total. The first-order valence-corrected chi connectivity index (χ1v) is 13.2. The van der Waals surface area contributed by atoms with E-state index in [1.165, 1.54) is 44.1 Å². The predicted octanol–water partition coefficient (Wildman–Crippen LogP) is 9.20. The zero-order chi connectivity index (χ0) is 24.5. The fourth-order valence-electron chi connectivity index (χ4n) is 5.27. The summed E-state index contributed by atoms with van der Waals surface area (Å²) in [4.78, 5) is 0. The van der Waals surface area contributed by atoms with Gasteiger partial charge in [0.15, 0.2) is 0 Å². The number of allylic oxidation sites excluding steroid dienone is 3. The summed E-state index contributed by atoms with van der Waals surface area (Å²) in [5.41, 5.74) is 4.10. The molecule has 0 saturated heterocycles. The molecule has 180 valence electrons. The molecule has 0 radical (unpaired) electrons. The lowest BCUT2D eigenvalue weighted by molar-refractivity contribution is 0.265. The molecule has 1 heteroatoms. The SMILES string of the molecule is C=CCC1CCC(CCc2ccc(C#Cc3ccc4c(F)c(CC/C=C/C)ccc4c3)cc2)CC1. The summed E-state index contributed by atoms with van der Waals surface area (Å²) < 4.78 is 14.9. The van der Waals surface area contributed by atoms with E-state index >= 15 is 0 Å². The van der Waals surface area contributed by atoms with Crippen molar-refractivity contribution in [3.05, 3.63) is 107 Å². The monoisotopic (exact) mass is 464 g/mol. The Morgan fingerprint density at radius 1 is 0.886 bits per heavy atom. The van der Waals surface area contributed by atoms with Crippen LogP contribution in [0.4, 0.5) is 4.39 Å². The molecule has 0 unspecified atom stereocenters. The fourth-order valence-corrected chi connectivity index (χ4v) is 5.27. The van der Waals surface area contributed by atoms with E-state index in [4.69, 9.17) is 0 Å². The first kappa shape index (κ1) is 25.0. The van der Waals surface area contributed by atoms with E-state index in [0.29, 0.717) is 5.39 Å². The average Bonchev–Trinajstić information content (AvgIpc) is 2.89. The maximum Gasteiger partial charge on any atom is 0.134 e. The Morgan fingerprint density at radius 3 is 2.34 bits per heavy atom. The Hall–Kier alpha value is -3.11. The Kier molecular flexibility index (Phi) is 8.96. The van der Waals surface area contributed by atoms with Crippen LogP contribution in [0.15, 0.2) is 79.4 Å². The zero-order valence-corrected chi connectivity index (χ0v) is 21.0. The molecule has 4 rings (SSSR count). The molecule has 3 aromatic carbocycles. The van der Waals surface area contributed by atoms with Gasteiger partial charge >= 0.3 is 0 Å². The van der Waals surface area contributed by atoms with Gasteiger partial charge in [0, 0.05) is 16.5 Å². The highest BCUT2D eigenvalue weighted by Gasteiger charge is 2.19. The van der Waals surface area contributed by atoms with Gasteiger partial charge in [0.05, 0.1) is 0 Å². The van der Waals surface area contributed by atoms with Crippen molar-refractivity contribution in [3.8, 4) is 11.8 Å². The van der Waals surface area contributed by atoms with E-state index in [0.717, 1.165) is 53.2 Å². The van der Waals surface area contributed by atoms with E-state index in [1.807, 2.05) is 43.3 Å². The van der Waals surface area contributed by atoms with Crippen LogP contribution in [0.3, 0.4) is 0 Å². The van der Waals surface area contributed by atoms with E-state index in [2.05, 4.69) is 54.8 Å². The molecule has 1 aliphatic carbocycles. The lowest BCUT2D eigenvalue weighted by Gasteiger charge is -2.27. The molecule has 1 fully saturated rings. The number of halogens is 1. The van der Waals surface area contributed by atoms with Gasteiger partial charge in [0.2, 0.25) is 0 Å². The molecule has 0 heterocycles. The topological polar surface area (TPSA) is 0 Å². The molecule has 0 nitrogen and oxygen atoms in total. The molecule has 0 aliphatic heterocycles. The van der Waals surface area contributed by atoms with Crippen LogP contribution in [-0.4, -0.2) is 0 Å². The summed E-state index contributed by atoms with van der Waals surface area (Å²) in [5.74, 6) is 8.17. The quantitative estimate of drug-likeness (QED) is 0.230. The van der Waals surface area contributed by atoms with Crippen LogP contribution in [0.2, 0.25) is 0 Å². The second-order valence-electron chi connectivity index (χ2n) is 9.98. The molecule has 3 aromatic rings. The molecule has 1 saturated carbocycles. The van der Waals surface area contributed by atoms with Crippen LogP contribution in [0, 0.1) is 29.5 Å². The normalized spacial score (nSPS) is 17.9. The molecule has 0 spiro atoms. The van der Waals surface area contributed by atoms with Gasteiger partial charge in [-0.25, -0.2) is 4.39 Å². The smallest absolute Gasteiger partial charge is 0.134 e. The highest BCUT2D eigenvalue weighted by atomic mass is 19.1. The summed E-state index contributed by atoms with van der Waals surface area (Å²) in [6, 6.07) is 18.4. The van der Waals surface area contributed by atoms with Crippen LogP contribution in [0.25, 0.3) is 10.8 Å². The number of fused-ring (bicyclic) bond motifs is 1. The lowest BCUT2D eigenvalue weighted by atomic mass is 9.78. The van der Waals surface area contributed by atoms with Crippen molar-refractivity contribution < 1.29 is 4.39 Å². The second-order valence-corrected chi connectivity index (χ2v) is 9.98. The Bertz CT molecular complexity index is 1210. The predicted molar refractivity (Wildman–Crippen MR) is 148 cm³/mol. The summed E-state index contributed by atoms with van der Waals surface area (Å²) in [7, 11) is 0. The highest BCUT2D eigenvalue weighted by molar-refractivity contribution is 5.85. The molecular formula is C34H37F. The fraction of sp³-hybridized carbons (Fsp3) is 0.353. The summed E-state index contributed by atoms with van der Waals surface area (Å²) >= 11 is 0. The third-order valence-electron chi connectivity index (χ3n) is 7.46. The number of hydrogen-bond acceptors (Lipinski definition) is 0. The van der Waals surface area contributed by atoms with Gasteiger partial charge in [-0.1, -0.05) is 73.2 Å². The van der Waals surface area contributed by atoms with E-state index < -0.39 is 0 Å². The van der Waals surface area contributed by atoms with Crippen molar-refractivity contribution in [2.75, 3.05) is 0 Å². The van der Waals surface area contributed by atoms with Crippen LogP contribution in [-0.2, 0) is 12.8 Å². The maximum absolute atomic E-state index is 14.9. The minimum Gasteiger partial charge on any atom is -0.206 e. The van der Waals surface area contributed by atoms with Crippen LogP contribution >= 0.6 is 0 Å². The number of aryl methyl sites for hydroxylation is 2.